The van der Waals surface area contributed by atoms with Gasteiger partial charge in [-0.15, -0.1) is 0 Å². The highest BCUT2D eigenvalue weighted by Crippen LogP contribution is 2.31. The number of nitrogens with zero attached hydrogens (tertiary/aromatic N) is 2. The van der Waals surface area contributed by atoms with Gasteiger partial charge in [-0.05, 0) is 86.1 Å². The van der Waals surface area contributed by atoms with Gasteiger partial charge in [0.2, 0.25) is 0 Å². The number of hydrogen-bond donors (Lipinski definition) is 1. The highest BCUT2D eigenvalue weighted by Gasteiger charge is 2.27. The molecule has 0 aromatic heterocycles. The molecule has 2 heterocycles. The molecule has 186 valence electrons. The van der Waals surface area contributed by atoms with Gasteiger partial charge in [0.1, 0.15) is 0 Å². The number of carbonyl (C=O) groups is 2. The summed E-state index contributed by atoms with van der Waals surface area (Å²) in [5, 5.41) is 2.98. The first-order valence-electron chi connectivity index (χ1n) is 12.9. The van der Waals surface area contributed by atoms with Crippen LogP contribution < -0.4 is 10.2 Å². The van der Waals surface area contributed by atoms with Gasteiger partial charge < -0.3 is 15.1 Å². The van der Waals surface area contributed by atoms with Gasteiger partial charge in [-0.1, -0.05) is 46.3 Å². The summed E-state index contributed by atoms with van der Waals surface area (Å²) in [5.74, 6) is 0.538. The van der Waals surface area contributed by atoms with Crippen molar-refractivity contribution in [3.05, 3.63) is 94.0 Å². The molecule has 5 rings (SSSR count). The molecule has 0 unspecified atom stereocenters. The summed E-state index contributed by atoms with van der Waals surface area (Å²) in [5.41, 5.74) is 4.29. The number of likely N-dealkylation sites (tertiary alicyclic amines) is 1. The number of piperidine rings is 1. The second-order valence-electron chi connectivity index (χ2n) is 9.81. The van der Waals surface area contributed by atoms with Gasteiger partial charge in [-0.2, -0.15) is 0 Å². The number of amides is 2. The molecular weight excluding hydrogens is 514 g/mol. The summed E-state index contributed by atoms with van der Waals surface area (Å²) in [7, 11) is 0. The summed E-state index contributed by atoms with van der Waals surface area (Å²) in [6, 6.07) is 23.8. The van der Waals surface area contributed by atoms with Gasteiger partial charge in [0.25, 0.3) is 11.8 Å². The Morgan fingerprint density at radius 1 is 0.861 bits per heavy atom. The molecule has 2 fully saturated rings. The van der Waals surface area contributed by atoms with Crippen LogP contribution >= 0.6 is 15.9 Å². The van der Waals surface area contributed by atoms with Crippen LogP contribution in [0.1, 0.15) is 52.0 Å². The zero-order chi connectivity index (χ0) is 24.9. The highest BCUT2D eigenvalue weighted by molar-refractivity contribution is 9.10. The lowest BCUT2D eigenvalue weighted by atomic mass is 9.89. The molecule has 0 aliphatic carbocycles. The monoisotopic (exact) mass is 545 g/mol. The number of benzene rings is 3. The van der Waals surface area contributed by atoms with Gasteiger partial charge in [0.05, 0.1) is 5.56 Å². The number of carbonyl (C=O) groups excluding carboxylic acids is 2. The highest BCUT2D eigenvalue weighted by atomic mass is 79.9. The molecule has 0 saturated carbocycles. The van der Waals surface area contributed by atoms with E-state index in [2.05, 4.69) is 56.5 Å². The molecule has 6 heteroatoms. The molecule has 0 radical (unpaired) electrons. The smallest absolute Gasteiger partial charge is 0.256 e. The normalized spacial score (nSPS) is 16.2. The van der Waals surface area contributed by atoms with Crippen LogP contribution in [0.2, 0.25) is 0 Å². The first kappa shape index (κ1) is 24.6. The second kappa shape index (κ2) is 11.3. The molecule has 0 bridgehead atoms. The van der Waals surface area contributed by atoms with Crippen LogP contribution in [0.15, 0.2) is 77.3 Å². The summed E-state index contributed by atoms with van der Waals surface area (Å²) in [4.78, 5) is 30.6. The van der Waals surface area contributed by atoms with E-state index in [-0.39, 0.29) is 11.8 Å². The Labute approximate surface area is 221 Å². The van der Waals surface area contributed by atoms with Crippen molar-refractivity contribution < 1.29 is 9.59 Å². The Kier molecular flexibility index (Phi) is 7.71. The van der Waals surface area contributed by atoms with Gasteiger partial charge in [0.15, 0.2) is 0 Å². The number of rotatable bonds is 6. The lowest BCUT2D eigenvalue weighted by Gasteiger charge is -2.35. The van der Waals surface area contributed by atoms with Crippen LogP contribution in [0.3, 0.4) is 0 Å². The minimum Gasteiger partial charge on any atom is -0.371 e. The summed E-state index contributed by atoms with van der Waals surface area (Å²) in [6.45, 7) is 3.46. The number of nitrogens with one attached hydrogen (secondary N) is 1. The van der Waals surface area contributed by atoms with E-state index >= 15 is 0 Å². The molecule has 36 heavy (non-hydrogen) atoms. The fourth-order valence-corrected chi connectivity index (χ4v) is 5.55. The zero-order valence-electron chi connectivity index (χ0n) is 20.5. The van der Waals surface area contributed by atoms with Crippen LogP contribution in [0.25, 0.3) is 0 Å². The van der Waals surface area contributed by atoms with Crippen molar-refractivity contribution in [2.45, 2.75) is 32.1 Å². The third-order valence-electron chi connectivity index (χ3n) is 7.31. The van der Waals surface area contributed by atoms with E-state index in [0.717, 1.165) is 68.4 Å². The Balaban J connectivity index is 1.33. The Bertz CT molecular complexity index is 1200. The average molecular weight is 547 g/mol. The quantitative estimate of drug-likeness (QED) is 0.390. The molecule has 2 aliphatic heterocycles. The predicted molar refractivity (Wildman–Crippen MR) is 149 cm³/mol. The Morgan fingerprint density at radius 2 is 1.56 bits per heavy atom. The van der Waals surface area contributed by atoms with Crippen molar-refractivity contribution in [3.63, 3.8) is 0 Å². The van der Waals surface area contributed by atoms with Crippen LogP contribution in [0.4, 0.5) is 11.4 Å². The molecule has 0 spiro atoms. The molecule has 3 aromatic rings. The zero-order valence-corrected chi connectivity index (χ0v) is 22.0. The van der Waals surface area contributed by atoms with Crippen molar-refractivity contribution >= 4 is 39.1 Å². The summed E-state index contributed by atoms with van der Waals surface area (Å²) < 4.78 is 0.925. The van der Waals surface area contributed by atoms with Gasteiger partial charge >= 0.3 is 0 Å². The third-order valence-corrected chi connectivity index (χ3v) is 7.84. The van der Waals surface area contributed by atoms with Crippen molar-refractivity contribution in [1.82, 2.24) is 4.90 Å². The molecular formula is C30H32BrN3O2. The predicted octanol–water partition coefficient (Wildman–Crippen LogP) is 6.40. The number of hydrogen-bond acceptors (Lipinski definition) is 3. The summed E-state index contributed by atoms with van der Waals surface area (Å²) >= 11 is 3.41. The first-order chi connectivity index (χ1) is 17.6. The van der Waals surface area contributed by atoms with E-state index in [1.165, 1.54) is 5.56 Å². The Morgan fingerprint density at radius 3 is 2.25 bits per heavy atom. The topological polar surface area (TPSA) is 52.7 Å². The van der Waals surface area contributed by atoms with Crippen LogP contribution in [0, 0.1) is 5.92 Å². The molecule has 2 aliphatic rings. The maximum atomic E-state index is 13.5. The lowest BCUT2D eigenvalue weighted by Crippen LogP contribution is -2.36. The minimum absolute atomic E-state index is 0.0636. The van der Waals surface area contributed by atoms with E-state index in [4.69, 9.17) is 0 Å². The van der Waals surface area contributed by atoms with Gasteiger partial charge in [0, 0.05) is 47.6 Å². The molecule has 5 nitrogen and oxygen atoms in total. The third kappa shape index (κ3) is 5.81. The van der Waals surface area contributed by atoms with Crippen molar-refractivity contribution in [2.75, 3.05) is 36.4 Å². The van der Waals surface area contributed by atoms with E-state index in [9.17, 15) is 9.59 Å². The summed E-state index contributed by atoms with van der Waals surface area (Å²) in [6.07, 6.45) is 5.41. The molecule has 3 aromatic carbocycles. The second-order valence-corrected chi connectivity index (χ2v) is 10.7. The Hall–Kier alpha value is -3.12. The van der Waals surface area contributed by atoms with Crippen LogP contribution in [0.5, 0.6) is 0 Å². The van der Waals surface area contributed by atoms with E-state index in [0.29, 0.717) is 22.7 Å². The SMILES string of the molecule is O=C(Nc1ccc(N2CCC(Cc3ccccc3)CC2)c(C(=O)N2CCCC2)c1)c1ccc(Br)cc1. The fraction of sp³-hybridized carbons (Fsp3) is 0.333. The number of halogens is 1. The fourth-order valence-electron chi connectivity index (χ4n) is 5.28. The largest absolute Gasteiger partial charge is 0.371 e. The molecule has 2 saturated heterocycles. The number of anilines is 2. The maximum Gasteiger partial charge on any atom is 0.256 e. The first-order valence-corrected chi connectivity index (χ1v) is 13.7. The van der Waals surface area contributed by atoms with Crippen molar-refractivity contribution in [3.8, 4) is 0 Å². The van der Waals surface area contributed by atoms with E-state index < -0.39 is 0 Å². The van der Waals surface area contributed by atoms with Gasteiger partial charge in [-0.25, -0.2) is 0 Å². The van der Waals surface area contributed by atoms with E-state index in [1.807, 2.05) is 35.2 Å². The lowest BCUT2D eigenvalue weighted by molar-refractivity contribution is 0.0793. The van der Waals surface area contributed by atoms with Gasteiger partial charge in [-0.3, -0.25) is 9.59 Å². The van der Waals surface area contributed by atoms with Crippen molar-refractivity contribution in [1.29, 1.82) is 0 Å². The van der Waals surface area contributed by atoms with E-state index in [1.54, 1.807) is 12.1 Å². The average Bonchev–Trinajstić information content (AvgIpc) is 3.45. The minimum atomic E-state index is -0.184. The maximum absolute atomic E-state index is 13.5. The molecule has 0 atom stereocenters. The van der Waals surface area contributed by atoms with Crippen LogP contribution in [-0.2, 0) is 6.42 Å². The molecule has 1 N–H and O–H groups in total. The molecule has 2 amide bonds. The van der Waals surface area contributed by atoms with Crippen molar-refractivity contribution in [2.24, 2.45) is 5.92 Å². The van der Waals surface area contributed by atoms with Crippen LogP contribution in [-0.4, -0.2) is 42.9 Å². The standard InChI is InChI=1S/C30H32BrN3O2/c31-25-10-8-24(9-11-25)29(35)32-26-12-13-28(27(21-26)30(36)34-16-4-5-17-34)33-18-14-23(15-19-33)20-22-6-2-1-3-7-22/h1-3,6-13,21,23H,4-5,14-20H2,(H,32,35).